The maximum Gasteiger partial charge on any atom is 0.306 e. The molecule has 0 aliphatic rings. The molecule has 1 rings (SSSR count). The molecular formula is C10H14N2O4S2. The minimum absolute atomic E-state index is 0.106. The fraction of sp³-hybridized carbons (Fsp3) is 0.300. The van der Waals surface area contributed by atoms with E-state index in [1.165, 1.54) is 24.9 Å². The molecule has 0 aliphatic carbocycles. The zero-order valence-electron chi connectivity index (χ0n) is 9.75. The topological polar surface area (TPSA) is 112 Å². The number of para-hydroxylation sites is 1. The van der Waals surface area contributed by atoms with E-state index in [-0.39, 0.29) is 23.0 Å². The molecule has 1 aromatic carbocycles. The van der Waals surface area contributed by atoms with Crippen LogP contribution in [0.4, 0.5) is 5.69 Å². The molecule has 0 unspecified atom stereocenters. The summed E-state index contributed by atoms with van der Waals surface area (Å²) in [6.07, 6.45) is 0.222. The summed E-state index contributed by atoms with van der Waals surface area (Å²) >= 11 is 1.28. The third-order valence-corrected chi connectivity index (χ3v) is 4.17. The first-order chi connectivity index (χ1) is 8.36. The van der Waals surface area contributed by atoms with Crippen LogP contribution in [0, 0.1) is 0 Å². The molecule has 0 aliphatic heterocycles. The summed E-state index contributed by atoms with van der Waals surface area (Å²) in [5, 5.41) is 5.03. The Hall–Kier alpha value is -1.25. The number of anilines is 1. The van der Waals surface area contributed by atoms with Gasteiger partial charge in [0, 0.05) is 10.6 Å². The zero-order chi connectivity index (χ0) is 13.8. The van der Waals surface area contributed by atoms with Crippen LogP contribution in [0.25, 0.3) is 0 Å². The van der Waals surface area contributed by atoms with Crippen molar-refractivity contribution in [2.75, 3.05) is 18.6 Å². The molecule has 4 N–H and O–H groups in total. The van der Waals surface area contributed by atoms with E-state index in [1.54, 1.807) is 12.1 Å². The third kappa shape index (κ3) is 3.90. The van der Waals surface area contributed by atoms with E-state index in [0.717, 1.165) is 0 Å². The van der Waals surface area contributed by atoms with Crippen LogP contribution in [0.1, 0.15) is 6.42 Å². The van der Waals surface area contributed by atoms with Crippen molar-refractivity contribution >= 4 is 33.4 Å². The van der Waals surface area contributed by atoms with E-state index in [1.807, 2.05) is 0 Å². The number of esters is 1. The van der Waals surface area contributed by atoms with Crippen molar-refractivity contribution in [3.63, 3.8) is 0 Å². The van der Waals surface area contributed by atoms with Gasteiger partial charge in [-0.1, -0.05) is 6.07 Å². The van der Waals surface area contributed by atoms with Gasteiger partial charge in [-0.3, -0.25) is 4.79 Å². The van der Waals surface area contributed by atoms with Crippen molar-refractivity contribution in [3.05, 3.63) is 18.2 Å². The molecule has 100 valence electrons. The highest BCUT2D eigenvalue weighted by Gasteiger charge is 2.15. The lowest BCUT2D eigenvalue weighted by molar-refractivity contribution is -0.140. The lowest BCUT2D eigenvalue weighted by atomic mass is 10.3. The normalized spacial score (nSPS) is 11.2. The van der Waals surface area contributed by atoms with Gasteiger partial charge in [0.2, 0.25) is 10.0 Å². The van der Waals surface area contributed by atoms with E-state index in [9.17, 15) is 13.2 Å². The highest BCUT2D eigenvalue weighted by Crippen LogP contribution is 2.30. The third-order valence-electron chi connectivity index (χ3n) is 2.12. The Morgan fingerprint density at radius 2 is 2.11 bits per heavy atom. The number of methoxy groups -OCH3 is 1. The molecular weight excluding hydrogens is 276 g/mol. The number of hydrogen-bond donors (Lipinski definition) is 2. The van der Waals surface area contributed by atoms with Crippen LogP contribution in [0.5, 0.6) is 0 Å². The first-order valence-corrected chi connectivity index (χ1v) is 7.50. The average molecular weight is 290 g/mol. The molecule has 0 saturated heterocycles. The molecule has 0 radical (unpaired) electrons. The minimum Gasteiger partial charge on any atom is -0.469 e. The molecule has 0 heterocycles. The number of ether oxygens (including phenoxy) is 1. The molecule has 0 amide bonds. The predicted octanol–water partition coefficient (Wildman–Crippen LogP) is 0.571. The summed E-state index contributed by atoms with van der Waals surface area (Å²) in [6, 6.07) is 4.57. The SMILES string of the molecule is COC(=O)CCSc1cccc(S(N)(=O)=O)c1N. The lowest BCUT2D eigenvalue weighted by Gasteiger charge is -2.08. The van der Waals surface area contributed by atoms with Gasteiger partial charge in [0.1, 0.15) is 4.90 Å². The number of hydrogen-bond acceptors (Lipinski definition) is 6. The molecule has 0 atom stereocenters. The van der Waals surface area contributed by atoms with Gasteiger partial charge < -0.3 is 10.5 Å². The quantitative estimate of drug-likeness (QED) is 0.466. The van der Waals surface area contributed by atoms with Crippen LogP contribution in [0.3, 0.4) is 0 Å². The second-order valence-corrected chi connectivity index (χ2v) is 6.05. The van der Waals surface area contributed by atoms with E-state index in [4.69, 9.17) is 10.9 Å². The van der Waals surface area contributed by atoms with Crippen LogP contribution in [-0.4, -0.2) is 27.2 Å². The maximum absolute atomic E-state index is 11.2. The fourth-order valence-corrected chi connectivity index (χ4v) is 2.92. The number of nitrogen functional groups attached to an aromatic ring is 1. The molecule has 1 aromatic rings. The first-order valence-electron chi connectivity index (χ1n) is 4.97. The Balaban J connectivity index is 2.82. The number of thioether (sulfide) groups is 1. The molecule has 6 nitrogen and oxygen atoms in total. The van der Waals surface area contributed by atoms with Crippen molar-refractivity contribution in [2.45, 2.75) is 16.2 Å². The highest BCUT2D eigenvalue weighted by atomic mass is 32.2. The van der Waals surface area contributed by atoms with Crippen molar-refractivity contribution in [1.82, 2.24) is 0 Å². The molecule has 0 spiro atoms. The predicted molar refractivity (Wildman–Crippen MR) is 69.6 cm³/mol. The van der Waals surface area contributed by atoms with Gasteiger partial charge >= 0.3 is 5.97 Å². The number of nitrogens with two attached hydrogens (primary N) is 2. The van der Waals surface area contributed by atoms with Crippen molar-refractivity contribution in [3.8, 4) is 0 Å². The Kier molecular flexibility index (Phi) is 5.00. The molecule has 0 bridgehead atoms. The Bertz CT molecular complexity index is 543. The average Bonchev–Trinajstić information content (AvgIpc) is 2.29. The van der Waals surface area contributed by atoms with Gasteiger partial charge in [0.15, 0.2) is 0 Å². The lowest BCUT2D eigenvalue weighted by Crippen LogP contribution is -2.14. The molecule has 8 heteroatoms. The van der Waals surface area contributed by atoms with Gasteiger partial charge in [0.05, 0.1) is 19.2 Å². The molecule has 18 heavy (non-hydrogen) atoms. The number of carbonyl (C=O) groups is 1. The maximum atomic E-state index is 11.2. The van der Waals surface area contributed by atoms with E-state index in [2.05, 4.69) is 4.74 Å². The highest BCUT2D eigenvalue weighted by molar-refractivity contribution is 7.99. The van der Waals surface area contributed by atoms with Gasteiger partial charge in [-0.15, -0.1) is 11.8 Å². The van der Waals surface area contributed by atoms with Crippen molar-refractivity contribution < 1.29 is 17.9 Å². The molecule has 0 aromatic heterocycles. The zero-order valence-corrected chi connectivity index (χ0v) is 11.4. The smallest absolute Gasteiger partial charge is 0.306 e. The molecule has 0 fully saturated rings. The van der Waals surface area contributed by atoms with Gasteiger partial charge in [-0.05, 0) is 12.1 Å². The van der Waals surface area contributed by atoms with Gasteiger partial charge in [-0.25, -0.2) is 13.6 Å². The Morgan fingerprint density at radius 3 is 2.67 bits per heavy atom. The number of primary sulfonamides is 1. The Morgan fingerprint density at radius 1 is 1.44 bits per heavy atom. The molecule has 0 saturated carbocycles. The summed E-state index contributed by atoms with van der Waals surface area (Å²) in [7, 11) is -2.52. The van der Waals surface area contributed by atoms with E-state index >= 15 is 0 Å². The first kappa shape index (κ1) is 14.8. The van der Waals surface area contributed by atoms with Crippen molar-refractivity contribution in [2.24, 2.45) is 5.14 Å². The van der Waals surface area contributed by atoms with Crippen LogP contribution < -0.4 is 10.9 Å². The summed E-state index contributed by atoms with van der Waals surface area (Å²) in [4.78, 5) is 11.4. The summed E-state index contributed by atoms with van der Waals surface area (Å²) in [5.74, 6) is 0.119. The Labute approximate surface area is 110 Å². The van der Waals surface area contributed by atoms with Gasteiger partial charge in [0.25, 0.3) is 0 Å². The number of sulfonamides is 1. The van der Waals surface area contributed by atoms with Crippen LogP contribution in [-0.2, 0) is 19.6 Å². The monoisotopic (exact) mass is 290 g/mol. The van der Waals surface area contributed by atoms with Crippen LogP contribution >= 0.6 is 11.8 Å². The number of carbonyl (C=O) groups excluding carboxylic acids is 1. The van der Waals surface area contributed by atoms with Crippen LogP contribution in [0.2, 0.25) is 0 Å². The largest absolute Gasteiger partial charge is 0.469 e. The fourth-order valence-electron chi connectivity index (χ4n) is 1.24. The second-order valence-electron chi connectivity index (χ2n) is 3.39. The minimum atomic E-state index is -3.83. The summed E-state index contributed by atoms with van der Waals surface area (Å²) in [5.41, 5.74) is 5.83. The van der Waals surface area contributed by atoms with Crippen LogP contribution in [0.15, 0.2) is 28.0 Å². The van der Waals surface area contributed by atoms with E-state index < -0.39 is 10.0 Å². The standard InChI is InChI=1S/C10H14N2O4S2/c1-16-9(13)5-6-17-7-3-2-4-8(10(7)11)18(12,14)15/h2-4H,5-6,11H2,1H3,(H2,12,14,15). The van der Waals surface area contributed by atoms with Crippen molar-refractivity contribution in [1.29, 1.82) is 0 Å². The number of rotatable bonds is 5. The second kappa shape index (κ2) is 6.07. The summed E-state index contributed by atoms with van der Waals surface area (Å²) in [6.45, 7) is 0. The summed E-state index contributed by atoms with van der Waals surface area (Å²) < 4.78 is 27.0. The van der Waals surface area contributed by atoms with E-state index in [0.29, 0.717) is 10.6 Å². The number of benzene rings is 1. The van der Waals surface area contributed by atoms with Gasteiger partial charge in [-0.2, -0.15) is 0 Å².